The normalized spacial score (nSPS) is 12.2. The molecule has 0 spiro atoms. The van der Waals surface area contributed by atoms with E-state index < -0.39 is 11.7 Å². The third kappa shape index (κ3) is 1.92. The molecule has 0 aliphatic heterocycles. The van der Waals surface area contributed by atoms with Crippen molar-refractivity contribution in [2.45, 2.75) is 12.8 Å². The van der Waals surface area contributed by atoms with Gasteiger partial charge in [-0.1, -0.05) is 6.07 Å². The van der Waals surface area contributed by atoms with Crippen molar-refractivity contribution in [2.75, 3.05) is 0 Å². The molecule has 0 unspecified atom stereocenters. The van der Waals surface area contributed by atoms with E-state index in [0.717, 1.165) is 6.07 Å². The summed E-state index contributed by atoms with van der Waals surface area (Å²) in [7, 11) is 3.18. The first-order valence-electron chi connectivity index (χ1n) is 4.47. The van der Waals surface area contributed by atoms with Gasteiger partial charge >= 0.3 is 6.18 Å². The van der Waals surface area contributed by atoms with Crippen LogP contribution in [-0.2, 0) is 17.5 Å². The van der Waals surface area contributed by atoms with Crippen molar-refractivity contribution >= 4 is 21.4 Å². The predicted octanol–water partition coefficient (Wildman–Crippen LogP) is 4.23. The van der Waals surface area contributed by atoms with Gasteiger partial charge in [-0.05, 0) is 23.1 Å². The monoisotopic (exact) mass is 245 g/mol. The average molecular weight is 245 g/mol. The number of rotatable bonds is 2. The Labute approximate surface area is 94.5 Å². The number of thiophene rings is 1. The molecule has 0 aliphatic rings. The molecule has 0 amide bonds. The Bertz CT molecular complexity index is 501. The van der Waals surface area contributed by atoms with E-state index in [1.54, 1.807) is 11.4 Å². The minimum Gasteiger partial charge on any atom is -0.374 e. The van der Waals surface area contributed by atoms with Gasteiger partial charge in [0.05, 0.1) is 19.3 Å². The van der Waals surface area contributed by atoms with Crippen LogP contribution in [0.4, 0.5) is 13.2 Å². The maximum Gasteiger partial charge on any atom is 0.417 e. The van der Waals surface area contributed by atoms with E-state index in [1.807, 2.05) is 0 Å². The molecular weight excluding hydrogens is 237 g/mol. The zero-order chi connectivity index (χ0) is 11.8. The second-order valence-corrected chi connectivity index (χ2v) is 4.20. The van der Waals surface area contributed by atoms with E-state index in [4.69, 9.17) is 0 Å². The van der Waals surface area contributed by atoms with Crippen molar-refractivity contribution < 1.29 is 17.9 Å². The highest BCUT2D eigenvalue weighted by molar-refractivity contribution is 7.17. The fourth-order valence-corrected chi connectivity index (χ4v) is 2.58. The van der Waals surface area contributed by atoms with Crippen LogP contribution in [0.2, 0.25) is 0 Å². The molecule has 1 heterocycles. The van der Waals surface area contributed by atoms with Gasteiger partial charge in [0.25, 0.3) is 0 Å². The molecule has 0 saturated carbocycles. The highest BCUT2D eigenvalue weighted by Crippen LogP contribution is 2.38. The van der Waals surface area contributed by atoms with Gasteiger partial charge in [-0.25, -0.2) is 0 Å². The maximum atomic E-state index is 12.8. The number of ether oxygens (including phenoxy) is 1. The molecule has 2 aromatic rings. The summed E-state index contributed by atoms with van der Waals surface area (Å²) in [5.74, 6) is 0. The van der Waals surface area contributed by atoms with E-state index in [1.165, 1.54) is 17.4 Å². The predicted molar refractivity (Wildman–Crippen MR) is 57.0 cm³/mol. The summed E-state index contributed by atoms with van der Waals surface area (Å²) < 4.78 is 43.6. The summed E-state index contributed by atoms with van der Waals surface area (Å²) in [5.41, 5.74) is -0.0822. The Hall–Kier alpha value is -1.07. The summed E-state index contributed by atoms with van der Waals surface area (Å²) in [6.45, 7) is 0.0904. The highest BCUT2D eigenvalue weighted by Gasteiger charge is 2.33. The lowest BCUT2D eigenvalue weighted by Crippen LogP contribution is -2.05. The fraction of sp³-hybridized carbons (Fsp3) is 0.182. The summed E-state index contributed by atoms with van der Waals surface area (Å²) in [6, 6.07) is 4.17. The molecule has 85 valence electrons. The smallest absolute Gasteiger partial charge is 0.374 e. The average Bonchev–Trinajstić information content (AvgIpc) is 2.61. The van der Waals surface area contributed by atoms with Crippen LogP contribution in [0.15, 0.2) is 23.6 Å². The SMILES string of the molecule is [CH2]OCc1csc2cccc(C(F)(F)F)c12. The summed E-state index contributed by atoms with van der Waals surface area (Å²) in [4.78, 5) is 0. The number of hydrogen-bond acceptors (Lipinski definition) is 2. The van der Waals surface area contributed by atoms with Crippen molar-refractivity contribution in [1.82, 2.24) is 0 Å². The molecule has 0 atom stereocenters. The van der Waals surface area contributed by atoms with E-state index in [0.29, 0.717) is 10.3 Å². The third-order valence-electron chi connectivity index (χ3n) is 2.24. The zero-order valence-electron chi connectivity index (χ0n) is 8.17. The molecule has 0 saturated heterocycles. The van der Waals surface area contributed by atoms with Gasteiger partial charge in [-0.3, -0.25) is 0 Å². The van der Waals surface area contributed by atoms with Crippen LogP contribution < -0.4 is 0 Å². The van der Waals surface area contributed by atoms with Gasteiger partial charge in [0.15, 0.2) is 0 Å². The van der Waals surface area contributed by atoms with E-state index in [9.17, 15) is 13.2 Å². The van der Waals surface area contributed by atoms with Gasteiger partial charge in [0, 0.05) is 10.1 Å². The Balaban J connectivity index is 2.68. The first kappa shape index (κ1) is 11.4. The van der Waals surface area contributed by atoms with Crippen LogP contribution >= 0.6 is 11.3 Å². The summed E-state index contributed by atoms with van der Waals surface area (Å²) >= 11 is 1.28. The van der Waals surface area contributed by atoms with Crippen molar-refractivity contribution in [3.63, 3.8) is 0 Å². The summed E-state index contributed by atoms with van der Waals surface area (Å²) in [6.07, 6.45) is -4.34. The Kier molecular flexibility index (Phi) is 2.90. The number of fused-ring (bicyclic) bond motifs is 1. The first-order valence-corrected chi connectivity index (χ1v) is 5.35. The number of hydrogen-bond donors (Lipinski definition) is 0. The number of halogens is 3. The van der Waals surface area contributed by atoms with Crippen molar-refractivity contribution in [1.29, 1.82) is 0 Å². The molecule has 2 rings (SSSR count). The van der Waals surface area contributed by atoms with Gasteiger partial charge < -0.3 is 4.74 Å². The zero-order valence-corrected chi connectivity index (χ0v) is 8.99. The lowest BCUT2D eigenvalue weighted by Gasteiger charge is -2.09. The topological polar surface area (TPSA) is 9.23 Å². The molecule has 0 bridgehead atoms. The van der Waals surface area contributed by atoms with Gasteiger partial charge in [0.2, 0.25) is 0 Å². The first-order chi connectivity index (χ1) is 7.54. The van der Waals surface area contributed by atoms with Crippen LogP contribution in [-0.4, -0.2) is 0 Å². The van der Waals surface area contributed by atoms with Crippen LogP contribution in [0.5, 0.6) is 0 Å². The van der Waals surface area contributed by atoms with Crippen LogP contribution in [0.1, 0.15) is 11.1 Å². The highest BCUT2D eigenvalue weighted by atomic mass is 32.1. The molecule has 1 nitrogen and oxygen atoms in total. The molecule has 1 radical (unpaired) electrons. The lowest BCUT2D eigenvalue weighted by molar-refractivity contribution is -0.136. The van der Waals surface area contributed by atoms with E-state index in [-0.39, 0.29) is 12.0 Å². The molecule has 1 aromatic carbocycles. The van der Waals surface area contributed by atoms with Crippen LogP contribution in [0.3, 0.4) is 0 Å². The number of alkyl halides is 3. The molecular formula is C11H8F3OS. The molecule has 0 N–H and O–H groups in total. The fourth-order valence-electron chi connectivity index (χ4n) is 1.61. The second kappa shape index (κ2) is 4.07. The van der Waals surface area contributed by atoms with Crippen LogP contribution in [0, 0.1) is 7.11 Å². The van der Waals surface area contributed by atoms with E-state index >= 15 is 0 Å². The molecule has 16 heavy (non-hydrogen) atoms. The Morgan fingerprint density at radius 2 is 2.06 bits per heavy atom. The Morgan fingerprint density at radius 1 is 1.31 bits per heavy atom. The largest absolute Gasteiger partial charge is 0.417 e. The van der Waals surface area contributed by atoms with Crippen molar-refractivity contribution in [2.24, 2.45) is 0 Å². The van der Waals surface area contributed by atoms with Gasteiger partial charge in [-0.2, -0.15) is 13.2 Å². The third-order valence-corrected chi connectivity index (χ3v) is 3.23. The minimum absolute atomic E-state index is 0.0904. The lowest BCUT2D eigenvalue weighted by atomic mass is 10.1. The second-order valence-electron chi connectivity index (χ2n) is 3.29. The van der Waals surface area contributed by atoms with Crippen molar-refractivity contribution in [3.05, 3.63) is 41.8 Å². The standard InChI is InChI=1S/C11H8F3OS/c1-15-5-7-6-16-9-4-2-3-8(10(7)9)11(12,13)14/h2-4,6H,1,5H2. The number of benzene rings is 1. The van der Waals surface area contributed by atoms with E-state index in [2.05, 4.69) is 11.8 Å². The molecule has 5 heteroatoms. The van der Waals surface area contributed by atoms with Gasteiger partial charge in [-0.15, -0.1) is 11.3 Å². The van der Waals surface area contributed by atoms with Crippen LogP contribution in [0.25, 0.3) is 10.1 Å². The molecule has 1 aromatic heterocycles. The molecule has 0 fully saturated rings. The quantitative estimate of drug-likeness (QED) is 0.769. The maximum absolute atomic E-state index is 12.8. The molecule has 0 aliphatic carbocycles. The van der Waals surface area contributed by atoms with Crippen molar-refractivity contribution in [3.8, 4) is 0 Å². The minimum atomic E-state index is -4.34. The Morgan fingerprint density at radius 3 is 2.69 bits per heavy atom. The van der Waals surface area contributed by atoms with Gasteiger partial charge in [0.1, 0.15) is 0 Å². The summed E-state index contributed by atoms with van der Waals surface area (Å²) in [5, 5.41) is 1.90.